The predicted octanol–water partition coefficient (Wildman–Crippen LogP) is 20.0. The zero-order valence-electron chi connectivity index (χ0n) is 42.1. The van der Waals surface area contributed by atoms with Crippen LogP contribution < -0.4 is 9.80 Å². The van der Waals surface area contributed by atoms with Crippen molar-refractivity contribution in [3.63, 3.8) is 0 Å². The van der Waals surface area contributed by atoms with E-state index in [4.69, 9.17) is 0 Å². The second-order valence-electron chi connectivity index (χ2n) is 20.2. The molecule has 0 radical (unpaired) electrons. The van der Waals surface area contributed by atoms with Crippen LogP contribution in [-0.4, -0.2) is 0 Å². The van der Waals surface area contributed by atoms with Gasteiger partial charge in [-0.05, 0) is 158 Å². The molecule has 2 aliphatic carbocycles. The lowest BCUT2D eigenvalue weighted by Gasteiger charge is -2.35. The third-order valence-corrected chi connectivity index (χ3v) is 15.9. The van der Waals surface area contributed by atoms with Gasteiger partial charge in [-0.25, -0.2) is 0 Å². The van der Waals surface area contributed by atoms with E-state index in [1.807, 2.05) is 0 Å². The minimum absolute atomic E-state index is 0.563. The largest absolute Gasteiger partial charge is 0.310 e. The summed E-state index contributed by atoms with van der Waals surface area (Å²) in [6, 6.07) is 106. The highest BCUT2D eigenvalue weighted by atomic mass is 15.2. The van der Waals surface area contributed by atoms with Gasteiger partial charge in [0, 0.05) is 34.1 Å². The molecule has 0 unspecified atom stereocenters. The molecule has 2 heteroatoms. The summed E-state index contributed by atoms with van der Waals surface area (Å²) in [5, 5.41) is 0. The van der Waals surface area contributed by atoms with Gasteiger partial charge in [-0.3, -0.25) is 0 Å². The van der Waals surface area contributed by atoms with Gasteiger partial charge in [-0.2, -0.15) is 0 Å². The molecule has 0 atom stereocenters. The average Bonchev–Trinajstić information content (AvgIpc) is 3.87. The van der Waals surface area contributed by atoms with E-state index < -0.39 is 5.41 Å². The maximum Gasteiger partial charge on any atom is 0.0714 e. The van der Waals surface area contributed by atoms with Crippen LogP contribution in [0.25, 0.3) is 44.5 Å². The van der Waals surface area contributed by atoms with Gasteiger partial charge < -0.3 is 9.80 Å². The van der Waals surface area contributed by atoms with Crippen LogP contribution in [0.15, 0.2) is 285 Å². The molecule has 11 aromatic rings. The Morgan fingerprint density at radius 1 is 0.280 bits per heavy atom. The van der Waals surface area contributed by atoms with Crippen LogP contribution in [0.2, 0.25) is 0 Å². The first-order valence-corrected chi connectivity index (χ1v) is 26.8. The smallest absolute Gasteiger partial charge is 0.0714 e. The SMILES string of the molecule is c1ccc(-c2cccc(-c3ccccc3)c2-c2cc(N(c3ccccc3)c3ccc(C4CCCCC4)cc3)cc(N(c3ccccc3)c3ccc4c(c3)C(c3ccccc3)(c3ccccc3)c3ccccc3-4)c2)cc1. The van der Waals surface area contributed by atoms with Gasteiger partial charge in [0.25, 0.3) is 0 Å². The van der Waals surface area contributed by atoms with E-state index in [0.29, 0.717) is 5.92 Å². The summed E-state index contributed by atoms with van der Waals surface area (Å²) in [5.74, 6) is 0.612. The first-order chi connectivity index (χ1) is 37.2. The van der Waals surface area contributed by atoms with Crippen molar-refractivity contribution in [3.8, 4) is 44.5 Å². The number of fused-ring (bicyclic) bond motifs is 3. The van der Waals surface area contributed by atoms with Crippen molar-refractivity contribution >= 4 is 34.1 Å². The summed E-state index contributed by atoms with van der Waals surface area (Å²) >= 11 is 0. The minimum Gasteiger partial charge on any atom is -0.310 e. The second-order valence-corrected chi connectivity index (χ2v) is 20.2. The molecular weight excluding hydrogens is 905 g/mol. The van der Waals surface area contributed by atoms with E-state index in [1.54, 1.807) is 0 Å². The highest BCUT2D eigenvalue weighted by Gasteiger charge is 2.46. The maximum absolute atomic E-state index is 2.49. The van der Waals surface area contributed by atoms with E-state index in [0.717, 1.165) is 39.7 Å². The Morgan fingerprint density at radius 3 is 1.25 bits per heavy atom. The van der Waals surface area contributed by atoms with E-state index in [9.17, 15) is 0 Å². The molecule has 2 aliphatic rings. The average molecular weight is 963 g/mol. The van der Waals surface area contributed by atoms with E-state index >= 15 is 0 Å². The van der Waals surface area contributed by atoms with E-state index in [-0.39, 0.29) is 0 Å². The van der Waals surface area contributed by atoms with Crippen molar-refractivity contribution in [2.45, 2.75) is 43.4 Å². The summed E-state index contributed by atoms with van der Waals surface area (Å²) in [4.78, 5) is 4.95. The van der Waals surface area contributed by atoms with Gasteiger partial charge >= 0.3 is 0 Å². The maximum atomic E-state index is 2.49. The molecular formula is C73H58N2. The molecule has 0 saturated heterocycles. The van der Waals surface area contributed by atoms with Crippen LogP contribution in [0, 0.1) is 0 Å². The Hall–Kier alpha value is -8.98. The molecule has 1 saturated carbocycles. The van der Waals surface area contributed by atoms with Crippen LogP contribution >= 0.6 is 0 Å². The Bertz CT molecular complexity index is 3620. The quantitative estimate of drug-likeness (QED) is 0.120. The molecule has 0 heterocycles. The molecule has 11 aromatic carbocycles. The molecule has 13 rings (SSSR count). The predicted molar refractivity (Wildman–Crippen MR) is 315 cm³/mol. The van der Waals surface area contributed by atoms with Crippen LogP contribution in [0.5, 0.6) is 0 Å². The van der Waals surface area contributed by atoms with Gasteiger partial charge in [0.15, 0.2) is 0 Å². The molecule has 0 bridgehead atoms. The molecule has 0 N–H and O–H groups in total. The number of para-hydroxylation sites is 2. The molecule has 2 nitrogen and oxygen atoms in total. The number of rotatable bonds is 12. The van der Waals surface area contributed by atoms with Gasteiger partial charge in [0.1, 0.15) is 0 Å². The summed E-state index contributed by atoms with van der Waals surface area (Å²) in [6.45, 7) is 0. The summed E-state index contributed by atoms with van der Waals surface area (Å²) < 4.78 is 0. The molecule has 360 valence electrons. The normalized spacial score (nSPS) is 13.7. The molecule has 0 aromatic heterocycles. The zero-order chi connectivity index (χ0) is 50.0. The van der Waals surface area contributed by atoms with Crippen LogP contribution in [0.1, 0.15) is 65.8 Å². The number of benzene rings is 11. The molecule has 0 spiro atoms. The fourth-order valence-corrected chi connectivity index (χ4v) is 12.5. The monoisotopic (exact) mass is 962 g/mol. The highest BCUT2D eigenvalue weighted by molar-refractivity contribution is 5.98. The molecule has 0 amide bonds. The molecule has 75 heavy (non-hydrogen) atoms. The summed E-state index contributed by atoms with van der Waals surface area (Å²) in [6.07, 6.45) is 6.48. The fourth-order valence-electron chi connectivity index (χ4n) is 12.5. The topological polar surface area (TPSA) is 6.48 Å². The van der Waals surface area contributed by atoms with Crippen LogP contribution in [-0.2, 0) is 5.41 Å². The molecule has 1 fully saturated rings. The Labute approximate surface area is 442 Å². The lowest BCUT2D eigenvalue weighted by Crippen LogP contribution is -2.28. The van der Waals surface area contributed by atoms with E-state index in [2.05, 4.69) is 295 Å². The lowest BCUT2D eigenvalue weighted by atomic mass is 9.67. The van der Waals surface area contributed by atoms with Gasteiger partial charge in [-0.15, -0.1) is 0 Å². The third-order valence-electron chi connectivity index (χ3n) is 15.9. The van der Waals surface area contributed by atoms with Crippen molar-refractivity contribution < 1.29 is 0 Å². The van der Waals surface area contributed by atoms with Crippen molar-refractivity contribution in [1.82, 2.24) is 0 Å². The van der Waals surface area contributed by atoms with Crippen LogP contribution in [0.3, 0.4) is 0 Å². The lowest BCUT2D eigenvalue weighted by molar-refractivity contribution is 0.443. The zero-order valence-corrected chi connectivity index (χ0v) is 42.1. The van der Waals surface area contributed by atoms with Crippen LogP contribution in [0.4, 0.5) is 34.1 Å². The van der Waals surface area contributed by atoms with Gasteiger partial charge in [0.2, 0.25) is 0 Å². The van der Waals surface area contributed by atoms with Gasteiger partial charge in [0.05, 0.1) is 5.41 Å². The Balaban J connectivity index is 1.09. The summed E-state index contributed by atoms with van der Waals surface area (Å²) in [5.41, 5.74) is 22.0. The number of hydrogen-bond donors (Lipinski definition) is 0. The van der Waals surface area contributed by atoms with Crippen molar-refractivity contribution in [2.75, 3.05) is 9.80 Å². The number of nitrogens with zero attached hydrogens (tertiary/aromatic N) is 2. The first kappa shape index (κ1) is 45.9. The van der Waals surface area contributed by atoms with Crippen molar-refractivity contribution in [1.29, 1.82) is 0 Å². The Kier molecular flexibility index (Phi) is 12.3. The van der Waals surface area contributed by atoms with E-state index in [1.165, 1.54) is 98.9 Å². The highest BCUT2D eigenvalue weighted by Crippen LogP contribution is 2.58. The van der Waals surface area contributed by atoms with Crippen molar-refractivity contribution in [2.24, 2.45) is 0 Å². The minimum atomic E-state index is -0.563. The Morgan fingerprint density at radius 2 is 0.707 bits per heavy atom. The second kappa shape index (κ2) is 20.1. The standard InChI is InChI=1S/C73H58N2/c1-8-25-53(26-9-1)54-43-45-62(46-44-54)74(60-35-18-6-19-36-60)64-49-57(72-66(55-27-10-2-11-28-55)40-24-41-67(72)56-29-12-3-13-30-56)50-65(51-64)75(61-37-20-7-21-38-61)63-47-48-69-68-39-22-23-42-70(68)73(71(69)52-63,58-31-14-4-15-32-58)59-33-16-5-17-34-59/h2-7,10-24,27-53H,1,8-9,25-26H2. The fraction of sp³-hybridized carbons (Fsp3) is 0.0959. The van der Waals surface area contributed by atoms with Crippen molar-refractivity contribution in [3.05, 3.63) is 313 Å². The summed E-state index contributed by atoms with van der Waals surface area (Å²) in [7, 11) is 0. The third kappa shape index (κ3) is 8.43. The first-order valence-electron chi connectivity index (χ1n) is 26.8. The number of anilines is 6. The van der Waals surface area contributed by atoms with Gasteiger partial charge in [-0.1, -0.05) is 238 Å². The molecule has 0 aliphatic heterocycles. The number of hydrogen-bond acceptors (Lipinski definition) is 2.